The van der Waals surface area contributed by atoms with Gasteiger partial charge in [-0.1, -0.05) is 37.8 Å². The van der Waals surface area contributed by atoms with E-state index in [1.807, 2.05) is 19.1 Å². The minimum atomic E-state index is -5.08. The molecule has 0 aromatic rings. The van der Waals surface area contributed by atoms with Gasteiger partial charge in [-0.25, -0.2) is 14.6 Å². The molecule has 0 bridgehead atoms. The number of ether oxygens (including phenoxy) is 1. The Labute approximate surface area is 227 Å². The van der Waals surface area contributed by atoms with Crippen LogP contribution in [0.3, 0.4) is 0 Å². The Balaban J connectivity index is 0.00000181. The van der Waals surface area contributed by atoms with Crippen LogP contribution in [0.4, 0.5) is 18.0 Å². The highest BCUT2D eigenvalue weighted by atomic mass is 19.4. The molecule has 0 spiro atoms. The molecule has 1 heterocycles. The number of urea groups is 1. The molecule has 1 rings (SSSR count). The number of amides is 2. The van der Waals surface area contributed by atoms with Crippen LogP contribution in [0.25, 0.3) is 0 Å². The average Bonchev–Trinajstić information content (AvgIpc) is 2.86. The van der Waals surface area contributed by atoms with Gasteiger partial charge >= 0.3 is 24.1 Å². The number of allylic oxidation sites excluding steroid dienone is 1. The maximum atomic E-state index is 12.5. The monoisotopic (exact) mass is 565 g/mol. The van der Waals surface area contributed by atoms with Crippen LogP contribution in [0.1, 0.15) is 64.7 Å². The highest BCUT2D eigenvalue weighted by molar-refractivity contribution is 5.95. The van der Waals surface area contributed by atoms with Gasteiger partial charge in [-0.3, -0.25) is 15.1 Å². The summed E-state index contributed by atoms with van der Waals surface area (Å²) in [7, 11) is 0. The first-order valence-corrected chi connectivity index (χ1v) is 12.9. The lowest BCUT2D eigenvalue weighted by Crippen LogP contribution is -2.46. The molecule has 0 fully saturated rings. The van der Waals surface area contributed by atoms with E-state index < -0.39 is 12.1 Å². The van der Waals surface area contributed by atoms with E-state index in [0.717, 1.165) is 57.9 Å². The number of unbranched alkanes of at least 4 members (excludes halogenated alkanes) is 5. The number of aliphatic carboxylic acids is 1. The maximum Gasteiger partial charge on any atom is 0.490 e. The van der Waals surface area contributed by atoms with E-state index in [2.05, 4.69) is 20.6 Å². The number of halogens is 3. The van der Waals surface area contributed by atoms with Crippen molar-refractivity contribution in [2.75, 3.05) is 39.3 Å². The Bertz CT molecular complexity index is 820. The van der Waals surface area contributed by atoms with Crippen LogP contribution in [0, 0.1) is 0 Å². The highest BCUT2D eigenvalue weighted by Gasteiger charge is 2.38. The van der Waals surface area contributed by atoms with Crippen LogP contribution >= 0.6 is 0 Å². The van der Waals surface area contributed by atoms with Gasteiger partial charge in [0.1, 0.15) is 0 Å². The summed E-state index contributed by atoms with van der Waals surface area (Å²) in [4.78, 5) is 42.9. The molecule has 7 N–H and O–H groups in total. The Kier molecular flexibility index (Phi) is 19.5. The molecule has 15 heteroatoms. The summed E-state index contributed by atoms with van der Waals surface area (Å²) in [5.41, 5.74) is 11.5. The zero-order valence-electron chi connectivity index (χ0n) is 22.5. The van der Waals surface area contributed by atoms with E-state index >= 15 is 0 Å². The third kappa shape index (κ3) is 21.1. The van der Waals surface area contributed by atoms with Crippen LogP contribution in [0.5, 0.6) is 0 Å². The Morgan fingerprint density at radius 3 is 2.49 bits per heavy atom. The number of cyclic esters (lactones) is 1. The molecule has 0 aromatic carbocycles. The normalized spacial score (nSPS) is 16.1. The van der Waals surface area contributed by atoms with Crippen molar-refractivity contribution in [1.82, 2.24) is 15.5 Å². The van der Waals surface area contributed by atoms with Gasteiger partial charge in [0.25, 0.3) is 0 Å². The summed E-state index contributed by atoms with van der Waals surface area (Å²) >= 11 is 0. The summed E-state index contributed by atoms with van der Waals surface area (Å²) in [6.45, 7) is 5.23. The van der Waals surface area contributed by atoms with Crippen molar-refractivity contribution in [3.63, 3.8) is 0 Å². The molecule has 1 aliphatic heterocycles. The van der Waals surface area contributed by atoms with E-state index in [1.165, 1.54) is 0 Å². The lowest BCUT2D eigenvalue weighted by atomic mass is 10.1. The number of hydrogen-bond acceptors (Lipinski definition) is 7. The largest absolute Gasteiger partial charge is 0.490 e. The summed E-state index contributed by atoms with van der Waals surface area (Å²) in [6.07, 6.45) is 6.93. The van der Waals surface area contributed by atoms with Crippen molar-refractivity contribution in [3.8, 4) is 0 Å². The van der Waals surface area contributed by atoms with Gasteiger partial charge in [0.15, 0.2) is 11.9 Å². The number of alkyl halides is 3. The van der Waals surface area contributed by atoms with E-state index in [1.54, 1.807) is 4.90 Å². The first-order chi connectivity index (χ1) is 18.5. The molecule has 1 aliphatic rings. The third-order valence-corrected chi connectivity index (χ3v) is 5.21. The number of carbonyl (C=O) groups excluding carboxylic acids is 2. The molecule has 0 saturated heterocycles. The van der Waals surface area contributed by atoms with Gasteiger partial charge in [0.2, 0.25) is 0 Å². The van der Waals surface area contributed by atoms with Crippen molar-refractivity contribution in [3.05, 3.63) is 12.2 Å². The Morgan fingerprint density at radius 2 is 1.85 bits per heavy atom. The minimum absolute atomic E-state index is 0.0353. The zero-order valence-corrected chi connectivity index (χ0v) is 22.5. The van der Waals surface area contributed by atoms with E-state index in [4.69, 9.17) is 26.1 Å². The summed E-state index contributed by atoms with van der Waals surface area (Å²) < 4.78 is 36.9. The summed E-state index contributed by atoms with van der Waals surface area (Å²) in [5.74, 6) is -2.52. The number of esters is 1. The molecule has 12 nitrogen and oxygen atoms in total. The van der Waals surface area contributed by atoms with Crippen molar-refractivity contribution in [2.45, 2.75) is 70.9 Å². The molecule has 0 aliphatic carbocycles. The number of rotatable bonds is 11. The number of carboxylic acid groups (broad SMARTS) is 1. The predicted molar refractivity (Wildman–Crippen MR) is 142 cm³/mol. The minimum Gasteiger partial charge on any atom is -0.475 e. The molecular weight excluding hydrogens is 523 g/mol. The topological polar surface area (TPSA) is 185 Å². The molecule has 0 radical (unpaired) electrons. The van der Waals surface area contributed by atoms with Crippen molar-refractivity contribution in [1.29, 1.82) is 0 Å². The quantitative estimate of drug-likeness (QED) is 0.0831. The SMILES string of the molecule is C/C=C/CN=C(N)NCCCCCCCCN1CCCCOC(=O)CCN=C(N)NC1=O.O=C(O)C(F)(F)F. The predicted octanol–water partition coefficient (Wildman–Crippen LogP) is 2.49. The number of carbonyl (C=O) groups is 3. The van der Waals surface area contributed by atoms with Gasteiger partial charge in [-0.15, -0.1) is 0 Å². The molecular formula is C24H42F3N7O5. The first kappa shape index (κ1) is 35.5. The van der Waals surface area contributed by atoms with E-state index in [9.17, 15) is 22.8 Å². The maximum absolute atomic E-state index is 12.5. The number of aliphatic imine (C=N–C) groups is 2. The first-order valence-electron chi connectivity index (χ1n) is 12.9. The second kappa shape index (κ2) is 21.4. The molecule has 0 unspecified atom stereocenters. The lowest BCUT2D eigenvalue weighted by molar-refractivity contribution is -0.192. The number of nitrogens with zero attached hydrogens (tertiary/aromatic N) is 3. The fourth-order valence-corrected chi connectivity index (χ4v) is 3.14. The molecule has 0 saturated carbocycles. The molecule has 224 valence electrons. The van der Waals surface area contributed by atoms with E-state index in [0.29, 0.717) is 32.2 Å². The van der Waals surface area contributed by atoms with Crippen LogP contribution < -0.4 is 22.1 Å². The van der Waals surface area contributed by atoms with E-state index in [-0.39, 0.29) is 30.9 Å². The van der Waals surface area contributed by atoms with Crippen LogP contribution in [0.2, 0.25) is 0 Å². The summed E-state index contributed by atoms with van der Waals surface area (Å²) in [5, 5.41) is 12.9. The van der Waals surface area contributed by atoms with Gasteiger partial charge < -0.3 is 31.5 Å². The smallest absolute Gasteiger partial charge is 0.475 e. The molecule has 0 aromatic heterocycles. The number of nitrogens with two attached hydrogens (primary N) is 2. The number of guanidine groups is 2. The van der Waals surface area contributed by atoms with Crippen molar-refractivity contribution in [2.24, 2.45) is 21.5 Å². The number of hydrogen-bond donors (Lipinski definition) is 5. The highest BCUT2D eigenvalue weighted by Crippen LogP contribution is 2.13. The Hall–Kier alpha value is -3.52. The standard InChI is InChI=1S/C22H41N7O3.C2HF3O2/c1-2-3-13-25-20(23)26-14-8-6-4-5-7-9-16-29-17-10-11-18-32-19(30)12-15-27-21(24)28-22(29)31;3-2(4,5)1(6)7/h2-3H,4-18H2,1H3,(H3,23,25,26)(H3,24,27,28,31);(H,6,7)/b3-2+;. The fourth-order valence-electron chi connectivity index (χ4n) is 3.14. The van der Waals surface area contributed by atoms with Crippen LogP contribution in [0.15, 0.2) is 22.1 Å². The van der Waals surface area contributed by atoms with Crippen LogP contribution in [-0.4, -0.2) is 85.4 Å². The van der Waals surface area contributed by atoms with Gasteiger partial charge in [-0.05, 0) is 32.6 Å². The molecule has 0 atom stereocenters. The average molecular weight is 566 g/mol. The zero-order chi connectivity index (χ0) is 29.5. The van der Waals surface area contributed by atoms with Crippen molar-refractivity contribution < 1.29 is 37.4 Å². The third-order valence-electron chi connectivity index (χ3n) is 5.21. The molecule has 39 heavy (non-hydrogen) atoms. The number of nitrogens with one attached hydrogen (secondary N) is 2. The summed E-state index contributed by atoms with van der Waals surface area (Å²) in [6, 6.07) is -0.238. The lowest BCUT2D eigenvalue weighted by Gasteiger charge is -2.23. The fraction of sp³-hybridized carbons (Fsp3) is 0.708. The Morgan fingerprint density at radius 1 is 1.21 bits per heavy atom. The van der Waals surface area contributed by atoms with Crippen LogP contribution in [-0.2, 0) is 14.3 Å². The number of carboxylic acids is 1. The van der Waals surface area contributed by atoms with Gasteiger partial charge in [0, 0.05) is 19.6 Å². The second-order valence-electron chi connectivity index (χ2n) is 8.51. The van der Waals surface area contributed by atoms with Gasteiger partial charge in [-0.2, -0.15) is 13.2 Å². The van der Waals surface area contributed by atoms with Crippen molar-refractivity contribution >= 4 is 29.9 Å². The van der Waals surface area contributed by atoms with Gasteiger partial charge in [0.05, 0.1) is 26.1 Å². The molecule has 2 amide bonds. The second-order valence-corrected chi connectivity index (χ2v) is 8.51.